The Bertz CT molecular complexity index is 647. The Hall–Kier alpha value is -1.26. The molecule has 4 nitrogen and oxygen atoms in total. The maximum Gasteiger partial charge on any atom is 0.161 e. The number of phenols is 1. The number of phenolic OH excluding ortho intramolecular Hbond substituents is 1. The van der Waals surface area contributed by atoms with Crippen LogP contribution in [-0.4, -0.2) is 61.8 Å². The van der Waals surface area contributed by atoms with Crippen LogP contribution in [0, 0.1) is 5.41 Å². The van der Waals surface area contributed by atoms with E-state index in [1.807, 2.05) is 6.07 Å². The second kappa shape index (κ2) is 4.87. The van der Waals surface area contributed by atoms with Crippen molar-refractivity contribution in [1.29, 1.82) is 0 Å². The summed E-state index contributed by atoms with van der Waals surface area (Å²) < 4.78 is 5.43. The topological polar surface area (TPSA) is 35.9 Å². The second-order valence-corrected chi connectivity index (χ2v) is 8.09. The molecule has 0 saturated carbocycles. The molecular formula is C19H28N2O2. The van der Waals surface area contributed by atoms with E-state index < -0.39 is 0 Å². The summed E-state index contributed by atoms with van der Waals surface area (Å²) in [4.78, 5) is 4.99. The fraction of sp³-hybridized carbons (Fsp3) is 0.684. The van der Waals surface area contributed by atoms with Gasteiger partial charge in [-0.15, -0.1) is 0 Å². The fourth-order valence-electron chi connectivity index (χ4n) is 5.80. The van der Waals surface area contributed by atoms with Gasteiger partial charge in [0.1, 0.15) is 0 Å². The third kappa shape index (κ3) is 1.79. The number of benzene rings is 1. The molecule has 2 bridgehead atoms. The van der Waals surface area contributed by atoms with Crippen LogP contribution in [-0.2, 0) is 11.8 Å². The van der Waals surface area contributed by atoms with Crippen LogP contribution in [0.4, 0.5) is 0 Å². The molecule has 2 saturated heterocycles. The van der Waals surface area contributed by atoms with Crippen molar-refractivity contribution < 1.29 is 9.84 Å². The first-order chi connectivity index (χ1) is 10.9. The first-order valence-corrected chi connectivity index (χ1v) is 8.71. The van der Waals surface area contributed by atoms with E-state index in [-0.39, 0.29) is 10.8 Å². The molecule has 0 radical (unpaired) electrons. The number of hydrogen-bond donors (Lipinski definition) is 1. The van der Waals surface area contributed by atoms with E-state index in [9.17, 15) is 5.11 Å². The molecular weight excluding hydrogens is 288 g/mol. The first kappa shape index (κ1) is 15.3. The molecule has 4 rings (SSSR count). The van der Waals surface area contributed by atoms with Gasteiger partial charge in [0.15, 0.2) is 11.5 Å². The predicted molar refractivity (Wildman–Crippen MR) is 91.3 cm³/mol. The number of likely N-dealkylation sites (tertiary alicyclic amines) is 2. The highest BCUT2D eigenvalue weighted by Gasteiger charge is 2.62. The van der Waals surface area contributed by atoms with E-state index in [2.05, 4.69) is 36.9 Å². The molecule has 126 valence electrons. The van der Waals surface area contributed by atoms with E-state index in [1.54, 1.807) is 7.11 Å². The zero-order valence-electron chi connectivity index (χ0n) is 14.7. The number of ether oxygens (including phenoxy) is 1. The first-order valence-electron chi connectivity index (χ1n) is 8.71. The second-order valence-electron chi connectivity index (χ2n) is 8.09. The van der Waals surface area contributed by atoms with Crippen LogP contribution < -0.4 is 4.74 Å². The van der Waals surface area contributed by atoms with Crippen molar-refractivity contribution in [1.82, 2.24) is 9.80 Å². The largest absolute Gasteiger partial charge is 0.504 e. The van der Waals surface area contributed by atoms with Gasteiger partial charge in [-0.05, 0) is 63.5 Å². The molecule has 0 spiro atoms. The van der Waals surface area contributed by atoms with Crippen LogP contribution in [0.15, 0.2) is 12.1 Å². The highest BCUT2D eigenvalue weighted by atomic mass is 16.5. The molecule has 1 N–H and O–H groups in total. The highest BCUT2D eigenvalue weighted by molar-refractivity contribution is 5.57. The molecule has 1 aromatic carbocycles. The molecule has 0 unspecified atom stereocenters. The fourth-order valence-corrected chi connectivity index (χ4v) is 5.80. The standard InChI is InChI=1S/C19H28N2O2/c1-18-7-9-20(2)12-19(18)8-10-21(3)15(18)11-13-5-6-14(23-4)17(22)16(13)19/h5-6,15,22H,7-12H2,1-4H3/t15-,18+,19-/m1/s1. The number of nitrogens with zero attached hydrogens (tertiary/aromatic N) is 2. The van der Waals surface area contributed by atoms with Crippen molar-refractivity contribution in [2.75, 3.05) is 40.8 Å². The van der Waals surface area contributed by atoms with Crippen LogP contribution >= 0.6 is 0 Å². The smallest absolute Gasteiger partial charge is 0.161 e. The van der Waals surface area contributed by atoms with E-state index in [4.69, 9.17) is 4.74 Å². The molecule has 2 heterocycles. The van der Waals surface area contributed by atoms with E-state index in [1.165, 1.54) is 17.5 Å². The average molecular weight is 316 g/mol. The normalized spacial score (nSPS) is 37.1. The average Bonchev–Trinajstić information content (AvgIpc) is 2.52. The minimum absolute atomic E-state index is 0.0311. The quantitative estimate of drug-likeness (QED) is 0.862. The number of piperidine rings is 2. The van der Waals surface area contributed by atoms with Gasteiger partial charge in [-0.2, -0.15) is 0 Å². The molecule has 2 fully saturated rings. The molecule has 3 aliphatic rings. The number of rotatable bonds is 1. The van der Waals surface area contributed by atoms with Crippen molar-refractivity contribution in [3.8, 4) is 11.5 Å². The van der Waals surface area contributed by atoms with Crippen LogP contribution in [0.3, 0.4) is 0 Å². The van der Waals surface area contributed by atoms with Crippen molar-refractivity contribution in [3.05, 3.63) is 23.3 Å². The summed E-state index contributed by atoms with van der Waals surface area (Å²) in [5, 5.41) is 11.0. The van der Waals surface area contributed by atoms with Gasteiger partial charge in [0.25, 0.3) is 0 Å². The van der Waals surface area contributed by atoms with Gasteiger partial charge in [0.2, 0.25) is 0 Å². The van der Waals surface area contributed by atoms with E-state index >= 15 is 0 Å². The monoisotopic (exact) mass is 316 g/mol. The van der Waals surface area contributed by atoms with Crippen LogP contribution in [0.5, 0.6) is 11.5 Å². The Morgan fingerprint density at radius 1 is 1.22 bits per heavy atom. The molecule has 1 aromatic rings. The summed E-state index contributed by atoms with van der Waals surface area (Å²) in [7, 11) is 6.13. The third-order valence-corrected chi connectivity index (χ3v) is 7.14. The summed E-state index contributed by atoms with van der Waals surface area (Å²) in [5.41, 5.74) is 2.73. The van der Waals surface area contributed by atoms with Gasteiger partial charge in [0.05, 0.1) is 7.11 Å². The minimum atomic E-state index is 0.0311. The van der Waals surface area contributed by atoms with Gasteiger partial charge in [-0.3, -0.25) is 0 Å². The third-order valence-electron chi connectivity index (χ3n) is 7.14. The number of hydrogen-bond acceptors (Lipinski definition) is 4. The lowest BCUT2D eigenvalue weighted by Gasteiger charge is -2.66. The molecule has 1 aliphatic carbocycles. The summed E-state index contributed by atoms with van der Waals surface area (Å²) in [6, 6.07) is 4.66. The molecule has 0 amide bonds. The van der Waals surface area contributed by atoms with Gasteiger partial charge in [-0.25, -0.2) is 0 Å². The number of methoxy groups -OCH3 is 1. The van der Waals surface area contributed by atoms with Crippen molar-refractivity contribution in [2.24, 2.45) is 5.41 Å². The summed E-state index contributed by atoms with van der Waals surface area (Å²) >= 11 is 0. The lowest BCUT2D eigenvalue weighted by atomic mass is 9.47. The predicted octanol–water partition coefficient (Wildman–Crippen LogP) is 2.24. The molecule has 3 atom stereocenters. The highest BCUT2D eigenvalue weighted by Crippen LogP contribution is 2.62. The molecule has 4 heteroatoms. The molecule has 23 heavy (non-hydrogen) atoms. The van der Waals surface area contributed by atoms with Crippen molar-refractivity contribution in [3.63, 3.8) is 0 Å². The van der Waals surface area contributed by atoms with Gasteiger partial charge in [-0.1, -0.05) is 13.0 Å². The summed E-state index contributed by atoms with van der Waals surface area (Å²) in [5.74, 6) is 1.00. The number of likely N-dealkylation sites (N-methyl/N-ethyl adjacent to an activating group) is 2. The van der Waals surface area contributed by atoms with Crippen molar-refractivity contribution >= 4 is 0 Å². The zero-order valence-corrected chi connectivity index (χ0v) is 14.7. The maximum atomic E-state index is 11.0. The van der Waals surface area contributed by atoms with Crippen LogP contribution in [0.2, 0.25) is 0 Å². The Morgan fingerprint density at radius 2 is 2.00 bits per heavy atom. The van der Waals surface area contributed by atoms with E-state index in [0.29, 0.717) is 17.5 Å². The van der Waals surface area contributed by atoms with Crippen molar-refractivity contribution in [2.45, 2.75) is 37.6 Å². The van der Waals surface area contributed by atoms with Crippen LogP contribution in [0.1, 0.15) is 30.9 Å². The summed E-state index contributed by atoms with van der Waals surface area (Å²) in [6.45, 7) is 5.73. The Labute approximate surface area is 139 Å². The SMILES string of the molecule is COc1ccc2c(c1O)[C@]13CCN(C)[C@H](C2)[C@]1(C)CCN(C)C3. The Balaban J connectivity index is 1.99. The minimum Gasteiger partial charge on any atom is -0.504 e. The maximum absolute atomic E-state index is 11.0. The number of fused-ring (bicyclic) bond motifs is 1. The van der Waals surface area contributed by atoms with Crippen LogP contribution in [0.25, 0.3) is 0 Å². The van der Waals surface area contributed by atoms with Gasteiger partial charge in [0, 0.05) is 23.6 Å². The molecule has 0 aromatic heterocycles. The Morgan fingerprint density at radius 3 is 2.74 bits per heavy atom. The lowest BCUT2D eigenvalue weighted by Crippen LogP contribution is -2.70. The Kier molecular flexibility index (Phi) is 3.23. The van der Waals surface area contributed by atoms with E-state index in [0.717, 1.165) is 32.5 Å². The summed E-state index contributed by atoms with van der Waals surface area (Å²) in [6.07, 6.45) is 3.33. The van der Waals surface area contributed by atoms with Gasteiger partial charge >= 0.3 is 0 Å². The molecule has 2 aliphatic heterocycles. The number of aromatic hydroxyl groups is 1. The zero-order chi connectivity index (χ0) is 16.4. The van der Waals surface area contributed by atoms with Gasteiger partial charge < -0.3 is 19.6 Å². The lowest BCUT2D eigenvalue weighted by molar-refractivity contribution is -0.0919.